The van der Waals surface area contributed by atoms with Gasteiger partial charge >= 0.3 is 0 Å². The minimum Gasteiger partial charge on any atom is -0.497 e. The molecule has 0 fully saturated rings. The average Bonchev–Trinajstić information content (AvgIpc) is 3.03. The Morgan fingerprint density at radius 1 is 1.00 bits per heavy atom. The monoisotopic (exact) mass is 652 g/mol. The van der Waals surface area contributed by atoms with Gasteiger partial charge < -0.3 is 14.2 Å². The van der Waals surface area contributed by atoms with Gasteiger partial charge in [-0.2, -0.15) is 5.10 Å². The molecular formula is C31H29ClN4O8S. The van der Waals surface area contributed by atoms with Crippen molar-refractivity contribution in [1.29, 1.82) is 0 Å². The third-order valence-electron chi connectivity index (χ3n) is 6.54. The molecule has 4 rings (SSSR count). The van der Waals surface area contributed by atoms with Crippen molar-refractivity contribution in [3.05, 3.63) is 117 Å². The number of nitro benzene ring substituents is 1. The maximum atomic E-state index is 13.7. The number of benzene rings is 4. The summed E-state index contributed by atoms with van der Waals surface area (Å²) in [5.74, 6) is 0.585. The highest BCUT2D eigenvalue weighted by atomic mass is 35.5. The summed E-state index contributed by atoms with van der Waals surface area (Å²) in [6.07, 6.45) is 1.35. The zero-order valence-electron chi connectivity index (χ0n) is 24.5. The molecule has 4 aromatic rings. The number of amides is 1. The second kappa shape index (κ2) is 14.6. The Hall–Kier alpha value is -5.14. The fourth-order valence-electron chi connectivity index (χ4n) is 4.14. The lowest BCUT2D eigenvalue weighted by atomic mass is 10.2. The Kier molecular flexibility index (Phi) is 10.6. The molecule has 1 N–H and O–H groups in total. The van der Waals surface area contributed by atoms with Crippen molar-refractivity contribution in [2.24, 2.45) is 5.10 Å². The van der Waals surface area contributed by atoms with Crippen LogP contribution >= 0.6 is 11.6 Å². The van der Waals surface area contributed by atoms with Crippen LogP contribution in [0.2, 0.25) is 5.02 Å². The number of aryl methyl sites for hydroxylation is 1. The number of carbonyl (C=O) groups is 1. The fraction of sp³-hybridized carbons (Fsp3) is 0.161. The first-order valence-corrected chi connectivity index (χ1v) is 15.1. The number of hydrogen-bond donors (Lipinski definition) is 1. The lowest BCUT2D eigenvalue weighted by Gasteiger charge is -2.24. The van der Waals surface area contributed by atoms with E-state index >= 15 is 0 Å². The zero-order chi connectivity index (χ0) is 32.6. The van der Waals surface area contributed by atoms with Gasteiger partial charge in [-0.05, 0) is 67.1 Å². The average molecular weight is 653 g/mol. The normalized spacial score (nSPS) is 11.2. The van der Waals surface area contributed by atoms with E-state index in [2.05, 4.69) is 10.5 Å². The molecule has 0 aliphatic rings. The molecule has 45 heavy (non-hydrogen) atoms. The Bertz CT molecular complexity index is 1830. The van der Waals surface area contributed by atoms with Crippen LogP contribution in [-0.2, 0) is 21.4 Å². The van der Waals surface area contributed by atoms with Crippen molar-refractivity contribution in [2.75, 3.05) is 25.1 Å². The van der Waals surface area contributed by atoms with Crippen molar-refractivity contribution >= 4 is 45.1 Å². The van der Waals surface area contributed by atoms with Gasteiger partial charge in [0, 0.05) is 22.2 Å². The van der Waals surface area contributed by atoms with Crippen LogP contribution in [0.4, 0.5) is 11.4 Å². The summed E-state index contributed by atoms with van der Waals surface area (Å²) in [6, 6.07) is 21.8. The second-order valence-corrected chi connectivity index (χ2v) is 11.8. The van der Waals surface area contributed by atoms with Crippen molar-refractivity contribution in [2.45, 2.75) is 18.4 Å². The van der Waals surface area contributed by atoms with Crippen LogP contribution in [0.25, 0.3) is 0 Å². The topological polar surface area (TPSA) is 150 Å². The van der Waals surface area contributed by atoms with E-state index in [1.165, 1.54) is 63.8 Å². The van der Waals surface area contributed by atoms with Gasteiger partial charge in [-0.3, -0.25) is 19.2 Å². The number of hydrogen-bond acceptors (Lipinski definition) is 9. The molecule has 234 valence electrons. The van der Waals surface area contributed by atoms with Crippen LogP contribution in [-0.4, -0.2) is 46.2 Å². The number of methoxy groups -OCH3 is 2. The molecule has 0 atom stereocenters. The van der Waals surface area contributed by atoms with E-state index in [4.69, 9.17) is 25.8 Å². The predicted octanol–water partition coefficient (Wildman–Crippen LogP) is 5.50. The van der Waals surface area contributed by atoms with E-state index in [0.717, 1.165) is 15.9 Å². The van der Waals surface area contributed by atoms with E-state index in [0.29, 0.717) is 33.4 Å². The third-order valence-corrected chi connectivity index (χ3v) is 8.68. The molecule has 0 saturated carbocycles. The van der Waals surface area contributed by atoms with Gasteiger partial charge in [-0.1, -0.05) is 35.9 Å². The molecule has 0 heterocycles. The summed E-state index contributed by atoms with van der Waals surface area (Å²) in [5, 5.41) is 16.0. The summed E-state index contributed by atoms with van der Waals surface area (Å²) in [5.41, 5.74) is 3.75. The maximum absolute atomic E-state index is 13.7. The van der Waals surface area contributed by atoms with Crippen LogP contribution in [0.3, 0.4) is 0 Å². The Morgan fingerprint density at radius 3 is 2.40 bits per heavy atom. The SMILES string of the molecule is COc1ccc(N(CC(=O)N/N=C/c2ccc(OCc3ccccc3Cl)c(OC)c2)S(=O)(=O)c2ccc(C)c([N+](=O)[O-])c2)cc1. The summed E-state index contributed by atoms with van der Waals surface area (Å²) in [7, 11) is -1.49. The van der Waals surface area contributed by atoms with E-state index in [9.17, 15) is 23.3 Å². The molecule has 0 saturated heterocycles. The van der Waals surface area contributed by atoms with Crippen LogP contribution in [0.5, 0.6) is 17.2 Å². The molecule has 0 bridgehead atoms. The van der Waals surface area contributed by atoms with Crippen LogP contribution < -0.4 is 23.9 Å². The van der Waals surface area contributed by atoms with Crippen LogP contribution in [0.1, 0.15) is 16.7 Å². The number of hydrazone groups is 1. The Balaban J connectivity index is 1.51. The minimum absolute atomic E-state index is 0.135. The molecule has 0 unspecified atom stereocenters. The molecule has 14 heteroatoms. The first-order chi connectivity index (χ1) is 21.5. The molecule has 12 nitrogen and oxygen atoms in total. The van der Waals surface area contributed by atoms with Gasteiger partial charge in [0.15, 0.2) is 11.5 Å². The summed E-state index contributed by atoms with van der Waals surface area (Å²) < 4.78 is 44.6. The molecule has 0 aromatic heterocycles. The lowest BCUT2D eigenvalue weighted by Crippen LogP contribution is -2.39. The third kappa shape index (κ3) is 8.08. The Labute approximate surface area is 265 Å². The van der Waals surface area contributed by atoms with Gasteiger partial charge in [0.2, 0.25) is 0 Å². The van der Waals surface area contributed by atoms with Gasteiger partial charge in [0.25, 0.3) is 21.6 Å². The van der Waals surface area contributed by atoms with E-state index in [1.807, 2.05) is 18.2 Å². The van der Waals surface area contributed by atoms with E-state index < -0.39 is 27.4 Å². The lowest BCUT2D eigenvalue weighted by molar-refractivity contribution is -0.385. The smallest absolute Gasteiger partial charge is 0.273 e. The van der Waals surface area contributed by atoms with Crippen molar-refractivity contribution < 1.29 is 32.3 Å². The first kappa shape index (κ1) is 32.8. The van der Waals surface area contributed by atoms with E-state index in [-0.39, 0.29) is 22.9 Å². The highest BCUT2D eigenvalue weighted by Crippen LogP contribution is 2.30. The van der Waals surface area contributed by atoms with Gasteiger partial charge in [0.05, 0.1) is 35.9 Å². The number of nitro groups is 1. The largest absolute Gasteiger partial charge is 0.497 e. The molecule has 1 amide bonds. The summed E-state index contributed by atoms with van der Waals surface area (Å²) >= 11 is 6.20. The fourth-order valence-corrected chi connectivity index (χ4v) is 5.77. The number of carbonyl (C=O) groups excluding carboxylic acids is 1. The number of nitrogens with zero attached hydrogens (tertiary/aromatic N) is 3. The number of nitrogens with one attached hydrogen (secondary N) is 1. The van der Waals surface area contributed by atoms with Crippen molar-refractivity contribution in [1.82, 2.24) is 5.43 Å². The molecular weight excluding hydrogens is 624 g/mol. The quantitative estimate of drug-likeness (QED) is 0.113. The number of anilines is 1. The van der Waals surface area contributed by atoms with Crippen molar-refractivity contribution in [3.8, 4) is 17.2 Å². The van der Waals surface area contributed by atoms with Gasteiger partial charge in [-0.25, -0.2) is 13.8 Å². The molecule has 4 aromatic carbocycles. The Morgan fingerprint density at radius 2 is 1.73 bits per heavy atom. The molecule has 0 radical (unpaired) electrons. The minimum atomic E-state index is -4.42. The summed E-state index contributed by atoms with van der Waals surface area (Å²) in [6.45, 7) is 1.05. The van der Waals surface area contributed by atoms with Gasteiger partial charge in [-0.15, -0.1) is 0 Å². The second-order valence-electron chi connectivity index (χ2n) is 9.50. The number of ether oxygens (including phenoxy) is 3. The highest BCUT2D eigenvalue weighted by Gasteiger charge is 2.29. The molecule has 0 spiro atoms. The summed E-state index contributed by atoms with van der Waals surface area (Å²) in [4.78, 5) is 23.4. The molecule has 0 aliphatic heterocycles. The van der Waals surface area contributed by atoms with Crippen molar-refractivity contribution in [3.63, 3.8) is 0 Å². The first-order valence-electron chi connectivity index (χ1n) is 13.3. The predicted molar refractivity (Wildman–Crippen MR) is 170 cm³/mol. The number of sulfonamides is 1. The number of rotatable bonds is 13. The maximum Gasteiger partial charge on any atom is 0.273 e. The van der Waals surface area contributed by atoms with Crippen LogP contribution in [0, 0.1) is 17.0 Å². The van der Waals surface area contributed by atoms with Crippen LogP contribution in [0.15, 0.2) is 94.9 Å². The number of halogens is 1. The zero-order valence-corrected chi connectivity index (χ0v) is 26.0. The van der Waals surface area contributed by atoms with Gasteiger partial charge in [0.1, 0.15) is 18.9 Å². The molecule has 0 aliphatic carbocycles. The van der Waals surface area contributed by atoms with E-state index in [1.54, 1.807) is 24.3 Å². The standard InChI is InChI=1S/C31H29ClN4O8S/c1-21-8-14-26(17-28(21)36(38)39)45(40,41)35(24-10-12-25(42-2)13-11-24)19-31(37)34-33-18-22-9-15-29(30(16-22)43-3)44-20-23-6-4-5-7-27(23)32/h4-18H,19-20H2,1-3H3,(H,34,37)/b33-18+. The highest BCUT2D eigenvalue weighted by molar-refractivity contribution is 7.92.